The summed E-state index contributed by atoms with van der Waals surface area (Å²) in [4.78, 5) is 27.1. The molecule has 1 fully saturated rings. The second-order valence-corrected chi connectivity index (χ2v) is 8.92. The number of nitrogens with two attached hydrogens (primary N) is 1. The second-order valence-electron chi connectivity index (χ2n) is 8.51. The van der Waals surface area contributed by atoms with Crippen LogP contribution in [0.4, 0.5) is 29.5 Å². The maximum absolute atomic E-state index is 15.1. The zero-order valence-electron chi connectivity index (χ0n) is 18.4. The molecule has 35 heavy (non-hydrogen) atoms. The van der Waals surface area contributed by atoms with Crippen LogP contribution in [0.2, 0.25) is 5.02 Å². The third kappa shape index (κ3) is 3.66. The molecule has 12 heteroatoms. The number of anilines is 2. The van der Waals surface area contributed by atoms with E-state index in [1.54, 1.807) is 0 Å². The highest BCUT2D eigenvalue weighted by Gasteiger charge is 2.48. The molecule has 0 aliphatic carbocycles. The number of piperidine rings is 1. The van der Waals surface area contributed by atoms with Gasteiger partial charge in [-0.05, 0) is 31.9 Å². The molecule has 2 aliphatic rings. The number of likely N-dealkylation sites (tertiary alicyclic amines) is 1. The molecule has 0 unspecified atom stereocenters. The van der Waals surface area contributed by atoms with Crippen LogP contribution in [0.25, 0.3) is 5.69 Å². The molecule has 0 saturated carbocycles. The zero-order valence-corrected chi connectivity index (χ0v) is 19.1. The van der Waals surface area contributed by atoms with Crippen molar-refractivity contribution in [3.8, 4) is 5.69 Å². The lowest BCUT2D eigenvalue weighted by molar-refractivity contribution is -0.0418. The van der Waals surface area contributed by atoms with E-state index < -0.39 is 35.1 Å². The molecule has 1 atom stereocenters. The Bertz CT molecular complexity index is 1400. The fourth-order valence-electron chi connectivity index (χ4n) is 4.68. The van der Waals surface area contributed by atoms with Gasteiger partial charge in [0.05, 0.1) is 34.7 Å². The second kappa shape index (κ2) is 8.19. The first-order chi connectivity index (χ1) is 16.6. The molecule has 0 bridgehead atoms. The number of halogens is 4. The van der Waals surface area contributed by atoms with Crippen molar-refractivity contribution in [3.63, 3.8) is 0 Å². The molecule has 3 aromatic rings. The van der Waals surface area contributed by atoms with Crippen LogP contribution >= 0.6 is 11.6 Å². The van der Waals surface area contributed by atoms with Crippen LogP contribution in [0, 0.1) is 24.4 Å². The first kappa shape index (κ1) is 23.0. The molecule has 1 aromatic heterocycles. The van der Waals surface area contributed by atoms with Crippen LogP contribution in [0.5, 0.6) is 0 Å². The van der Waals surface area contributed by atoms with Crippen molar-refractivity contribution >= 4 is 35.1 Å². The molecule has 182 valence electrons. The Morgan fingerprint density at radius 1 is 1.29 bits per heavy atom. The normalized spacial score (nSPS) is 19.3. The smallest absolute Gasteiger partial charge is 0.412 e. The highest BCUT2D eigenvalue weighted by Crippen LogP contribution is 2.45. The van der Waals surface area contributed by atoms with Gasteiger partial charge in [-0.1, -0.05) is 11.6 Å². The maximum Gasteiger partial charge on any atom is 0.412 e. The largest absolute Gasteiger partial charge is 0.436 e. The average molecular weight is 506 g/mol. The van der Waals surface area contributed by atoms with Crippen LogP contribution in [0.3, 0.4) is 0 Å². The highest BCUT2D eigenvalue weighted by atomic mass is 35.5. The van der Waals surface area contributed by atoms with E-state index in [1.807, 2.05) is 0 Å². The molecule has 5 rings (SSSR count). The number of fused-ring (bicyclic) bond motifs is 2. The van der Waals surface area contributed by atoms with Gasteiger partial charge < -0.3 is 15.4 Å². The molecule has 8 nitrogen and oxygen atoms in total. The predicted molar refractivity (Wildman–Crippen MR) is 121 cm³/mol. The Labute approximate surface area is 202 Å². The fraction of sp³-hybridized carbons (Fsp3) is 0.261. The topological polar surface area (TPSA) is 102 Å². The Morgan fingerprint density at radius 2 is 2.06 bits per heavy atom. The minimum Gasteiger partial charge on any atom is -0.436 e. The summed E-state index contributed by atoms with van der Waals surface area (Å²) in [5, 5.41) is 6.38. The zero-order chi connectivity index (χ0) is 25.1. The Kier molecular flexibility index (Phi) is 5.39. The first-order valence-corrected chi connectivity index (χ1v) is 11.1. The van der Waals surface area contributed by atoms with E-state index in [0.717, 1.165) is 16.8 Å². The molecule has 2 amide bonds. The summed E-state index contributed by atoms with van der Waals surface area (Å²) >= 11 is 5.99. The number of amides is 2. The van der Waals surface area contributed by atoms with Crippen LogP contribution in [-0.2, 0) is 10.3 Å². The number of nitrogen functional groups attached to an aromatic ring is 1. The molecule has 2 aliphatic heterocycles. The summed E-state index contributed by atoms with van der Waals surface area (Å²) in [6, 6.07) is 4.60. The lowest BCUT2D eigenvalue weighted by Crippen LogP contribution is -2.53. The quantitative estimate of drug-likeness (QED) is 0.533. The number of rotatable bonds is 2. The molecule has 1 spiro atoms. The van der Waals surface area contributed by atoms with Crippen LogP contribution < -0.4 is 11.1 Å². The lowest BCUT2D eigenvalue weighted by atomic mass is 9.83. The lowest BCUT2D eigenvalue weighted by Gasteiger charge is -2.45. The van der Waals surface area contributed by atoms with Gasteiger partial charge in [0.2, 0.25) is 0 Å². The number of aromatic nitrogens is 2. The summed E-state index contributed by atoms with van der Waals surface area (Å²) in [5.41, 5.74) is 5.12. The van der Waals surface area contributed by atoms with E-state index in [4.69, 9.17) is 22.1 Å². The molecule has 3 heterocycles. The summed E-state index contributed by atoms with van der Waals surface area (Å²) in [6.45, 7) is 1.56. The molecule has 2 aromatic carbocycles. The Balaban J connectivity index is 1.51. The van der Waals surface area contributed by atoms with Crippen LogP contribution in [0.15, 0.2) is 30.5 Å². The molecule has 0 radical (unpaired) electrons. The summed E-state index contributed by atoms with van der Waals surface area (Å²) in [6.07, 6.45) is 1.09. The summed E-state index contributed by atoms with van der Waals surface area (Å²) in [7, 11) is 0. The minimum absolute atomic E-state index is 0.0156. The number of hydrogen-bond donors (Lipinski definition) is 2. The van der Waals surface area contributed by atoms with E-state index in [0.29, 0.717) is 6.42 Å². The van der Waals surface area contributed by atoms with Crippen molar-refractivity contribution in [3.05, 3.63) is 69.6 Å². The van der Waals surface area contributed by atoms with Gasteiger partial charge in [0.15, 0.2) is 11.4 Å². The van der Waals surface area contributed by atoms with Gasteiger partial charge in [0.1, 0.15) is 23.0 Å². The van der Waals surface area contributed by atoms with Gasteiger partial charge in [-0.3, -0.25) is 10.1 Å². The van der Waals surface area contributed by atoms with E-state index in [-0.39, 0.29) is 58.4 Å². The van der Waals surface area contributed by atoms with Gasteiger partial charge >= 0.3 is 6.09 Å². The van der Waals surface area contributed by atoms with Crippen molar-refractivity contribution in [1.82, 2.24) is 14.7 Å². The monoisotopic (exact) mass is 505 g/mol. The van der Waals surface area contributed by atoms with Crippen molar-refractivity contribution in [2.75, 3.05) is 24.1 Å². The molecular weight excluding hydrogens is 487 g/mol. The highest BCUT2D eigenvalue weighted by molar-refractivity contribution is 6.31. The number of benzene rings is 2. The van der Waals surface area contributed by atoms with Gasteiger partial charge in [-0.25, -0.2) is 22.6 Å². The van der Waals surface area contributed by atoms with Crippen LogP contribution in [-0.4, -0.2) is 39.8 Å². The molecular formula is C23H19ClF3N5O3. The standard InChI is InChI=1S/C23H19ClF3N5O3/c1-11-15(26)7-12(25)8-17(11)32-20(28)13(9-29-32)21(33)31-6-2-5-23(10-31)18-16(30-22(34)35-23)4-3-14(24)19(18)27/h3-4,7-9H,2,5-6,10,28H2,1H3,(H,30,34)/t23-/m0/s1. The Morgan fingerprint density at radius 3 is 2.83 bits per heavy atom. The molecule has 1 saturated heterocycles. The van der Waals surface area contributed by atoms with Crippen molar-refractivity contribution < 1.29 is 27.5 Å². The SMILES string of the molecule is Cc1c(F)cc(F)cc1-n1ncc(C(=O)N2CCC[C@@]3(C2)OC(=O)Nc2ccc(Cl)c(F)c23)c1N. The summed E-state index contributed by atoms with van der Waals surface area (Å²) in [5.74, 6) is -3.03. The van der Waals surface area contributed by atoms with E-state index in [9.17, 15) is 18.4 Å². The van der Waals surface area contributed by atoms with Crippen molar-refractivity contribution in [2.24, 2.45) is 0 Å². The van der Waals surface area contributed by atoms with E-state index in [2.05, 4.69) is 10.4 Å². The van der Waals surface area contributed by atoms with Gasteiger partial charge in [0.25, 0.3) is 5.91 Å². The van der Waals surface area contributed by atoms with Crippen LogP contribution in [0.1, 0.15) is 34.3 Å². The number of hydrogen-bond acceptors (Lipinski definition) is 5. The van der Waals surface area contributed by atoms with Gasteiger partial charge in [0, 0.05) is 24.2 Å². The fourth-order valence-corrected chi connectivity index (χ4v) is 4.84. The van der Waals surface area contributed by atoms with Gasteiger partial charge in [-0.2, -0.15) is 5.10 Å². The van der Waals surface area contributed by atoms with E-state index >= 15 is 4.39 Å². The number of ether oxygens (including phenoxy) is 1. The number of nitrogens with one attached hydrogen (secondary N) is 1. The average Bonchev–Trinajstić information content (AvgIpc) is 3.19. The minimum atomic E-state index is -1.45. The third-order valence-electron chi connectivity index (χ3n) is 6.36. The number of carbonyl (C=O) groups is 2. The summed E-state index contributed by atoms with van der Waals surface area (Å²) < 4.78 is 49.6. The van der Waals surface area contributed by atoms with Crippen molar-refractivity contribution in [1.29, 1.82) is 0 Å². The van der Waals surface area contributed by atoms with Gasteiger partial charge in [-0.15, -0.1) is 0 Å². The van der Waals surface area contributed by atoms with Crippen molar-refractivity contribution in [2.45, 2.75) is 25.4 Å². The predicted octanol–water partition coefficient (Wildman–Crippen LogP) is 4.53. The number of nitrogens with zero attached hydrogens (tertiary/aromatic N) is 3. The third-order valence-corrected chi connectivity index (χ3v) is 6.66. The molecule has 3 N–H and O–H groups in total. The first-order valence-electron chi connectivity index (χ1n) is 10.7. The number of carbonyl (C=O) groups excluding carboxylic acids is 2. The van der Waals surface area contributed by atoms with E-state index in [1.165, 1.54) is 30.2 Å². The maximum atomic E-state index is 15.1. The Hall–Kier alpha value is -3.73.